The molecule has 1 fully saturated rings. The Morgan fingerprint density at radius 2 is 1.52 bits per heavy atom. The molecule has 3 aliphatic carbocycles. The smallest absolute Gasteiger partial charge is 0.241 e. The molecule has 3 aromatic rings. The highest BCUT2D eigenvalue weighted by Crippen LogP contribution is 2.64. The number of benzene rings is 3. The van der Waals surface area contributed by atoms with Crippen LogP contribution >= 0.6 is 11.6 Å². The van der Waals surface area contributed by atoms with Crippen LogP contribution in [0.5, 0.6) is 0 Å². The molecule has 1 aliphatic heterocycles. The molecule has 4 nitrogen and oxygen atoms in total. The van der Waals surface area contributed by atoms with Gasteiger partial charge in [-0.3, -0.25) is 9.59 Å². The molecular weight excluding hydrogens is 386 g/mol. The molecule has 1 heterocycles. The Kier molecular flexibility index (Phi) is 3.25. The van der Waals surface area contributed by atoms with Gasteiger partial charge in [0.1, 0.15) is 5.60 Å². The number of hydrogen-bond acceptors (Lipinski definition) is 3. The molecule has 4 atom stereocenters. The first-order valence-corrected chi connectivity index (χ1v) is 9.96. The first-order chi connectivity index (χ1) is 14.0. The number of para-hydroxylation sites is 1. The van der Waals surface area contributed by atoms with E-state index >= 15 is 0 Å². The van der Waals surface area contributed by atoms with E-state index in [4.69, 9.17) is 11.6 Å². The number of carbonyl (C=O) groups excluding carboxylic acids is 2. The van der Waals surface area contributed by atoms with Gasteiger partial charge in [-0.2, -0.15) is 0 Å². The number of nitrogens with zero attached hydrogens (tertiary/aromatic N) is 1. The van der Waals surface area contributed by atoms with Crippen LogP contribution in [0, 0.1) is 11.8 Å². The Hall–Kier alpha value is -2.95. The molecule has 3 aromatic carbocycles. The van der Waals surface area contributed by atoms with Gasteiger partial charge in [0, 0.05) is 16.5 Å². The second-order valence-corrected chi connectivity index (χ2v) is 8.29. The maximum Gasteiger partial charge on any atom is 0.241 e. The highest BCUT2D eigenvalue weighted by molar-refractivity contribution is 6.32. The van der Waals surface area contributed by atoms with Crippen LogP contribution in [-0.4, -0.2) is 16.9 Å². The Morgan fingerprint density at radius 1 is 0.828 bits per heavy atom. The topological polar surface area (TPSA) is 57.6 Å². The van der Waals surface area contributed by atoms with Crippen molar-refractivity contribution in [2.24, 2.45) is 11.8 Å². The van der Waals surface area contributed by atoms with Crippen molar-refractivity contribution >= 4 is 29.1 Å². The van der Waals surface area contributed by atoms with Gasteiger partial charge in [-0.25, -0.2) is 4.90 Å². The predicted molar refractivity (Wildman–Crippen MR) is 109 cm³/mol. The van der Waals surface area contributed by atoms with Gasteiger partial charge < -0.3 is 5.11 Å². The Labute approximate surface area is 172 Å². The van der Waals surface area contributed by atoms with Crippen LogP contribution in [0.3, 0.4) is 0 Å². The lowest BCUT2D eigenvalue weighted by Gasteiger charge is -2.51. The summed E-state index contributed by atoms with van der Waals surface area (Å²) in [5.41, 5.74) is 1.84. The van der Waals surface area contributed by atoms with E-state index in [1.54, 1.807) is 30.3 Å². The van der Waals surface area contributed by atoms with Gasteiger partial charge in [-0.05, 0) is 34.9 Å². The highest BCUT2D eigenvalue weighted by Gasteiger charge is 2.68. The van der Waals surface area contributed by atoms with Gasteiger partial charge in [0.25, 0.3) is 0 Å². The lowest BCUT2D eigenvalue weighted by molar-refractivity contribution is -0.133. The fraction of sp³-hybridized carbons (Fsp3) is 0.167. The molecule has 0 saturated carbocycles. The van der Waals surface area contributed by atoms with Gasteiger partial charge in [-0.1, -0.05) is 66.2 Å². The molecule has 2 bridgehead atoms. The van der Waals surface area contributed by atoms with E-state index < -0.39 is 17.4 Å². The van der Waals surface area contributed by atoms with Gasteiger partial charge in [0.15, 0.2) is 0 Å². The van der Waals surface area contributed by atoms with Crippen LogP contribution in [-0.2, 0) is 15.2 Å². The number of carbonyl (C=O) groups is 2. The SMILES string of the molecule is O=C1C2C3c4ccccc4C(O)(c4c(Cl)cccc43)C2C(=O)N1c1ccccc1. The third kappa shape index (κ3) is 1.88. The monoisotopic (exact) mass is 401 g/mol. The van der Waals surface area contributed by atoms with Crippen LogP contribution in [0.4, 0.5) is 5.69 Å². The van der Waals surface area contributed by atoms with E-state index in [1.807, 2.05) is 42.5 Å². The molecule has 4 unspecified atom stereocenters. The third-order valence-electron chi connectivity index (χ3n) is 6.64. The molecule has 7 rings (SSSR count). The van der Waals surface area contributed by atoms with Crippen molar-refractivity contribution in [3.63, 3.8) is 0 Å². The zero-order chi connectivity index (χ0) is 19.9. The normalized spacial score (nSPS) is 28.9. The van der Waals surface area contributed by atoms with Crippen LogP contribution in [0.25, 0.3) is 0 Å². The fourth-order valence-corrected chi connectivity index (χ4v) is 5.95. The molecule has 142 valence electrons. The van der Waals surface area contributed by atoms with E-state index in [9.17, 15) is 14.7 Å². The fourth-order valence-electron chi connectivity index (χ4n) is 5.63. The van der Waals surface area contributed by atoms with Crippen molar-refractivity contribution in [1.82, 2.24) is 0 Å². The number of amides is 2. The molecule has 1 saturated heterocycles. The standard InChI is InChI=1S/C24H16ClNO3/c25-17-12-6-10-15-18-14-9-4-5-11-16(14)24(29,20(15)17)21-19(18)22(27)26(23(21)28)13-7-2-1-3-8-13/h1-12,18-19,21,29H. The molecule has 5 heteroatoms. The summed E-state index contributed by atoms with van der Waals surface area (Å²) in [5.74, 6) is -2.52. The molecule has 1 N–H and O–H groups in total. The molecule has 0 aromatic heterocycles. The molecule has 4 aliphatic rings. The number of aliphatic hydroxyl groups is 1. The number of imide groups is 1. The van der Waals surface area contributed by atoms with Crippen molar-refractivity contribution in [3.8, 4) is 0 Å². The average Bonchev–Trinajstić information content (AvgIpc) is 3.01. The summed E-state index contributed by atoms with van der Waals surface area (Å²) in [7, 11) is 0. The molecular formula is C24H16ClNO3. The number of anilines is 1. The van der Waals surface area contributed by atoms with Crippen molar-refractivity contribution in [1.29, 1.82) is 0 Å². The maximum absolute atomic E-state index is 13.6. The Morgan fingerprint density at radius 3 is 2.31 bits per heavy atom. The molecule has 0 radical (unpaired) electrons. The highest BCUT2D eigenvalue weighted by atomic mass is 35.5. The second kappa shape index (κ2) is 5.56. The zero-order valence-electron chi connectivity index (χ0n) is 15.2. The van der Waals surface area contributed by atoms with E-state index in [1.165, 1.54) is 4.90 Å². The summed E-state index contributed by atoms with van der Waals surface area (Å²) in [6, 6.07) is 21.9. The van der Waals surface area contributed by atoms with E-state index in [0.29, 0.717) is 21.8 Å². The quantitative estimate of drug-likeness (QED) is 0.630. The molecule has 0 spiro atoms. The van der Waals surface area contributed by atoms with Crippen molar-refractivity contribution in [2.75, 3.05) is 4.90 Å². The minimum atomic E-state index is -1.64. The maximum atomic E-state index is 13.6. The van der Waals surface area contributed by atoms with E-state index in [-0.39, 0.29) is 17.7 Å². The molecule has 2 amide bonds. The second-order valence-electron chi connectivity index (χ2n) is 7.89. The third-order valence-corrected chi connectivity index (χ3v) is 6.96. The average molecular weight is 402 g/mol. The van der Waals surface area contributed by atoms with Gasteiger partial charge in [0.2, 0.25) is 11.8 Å². The van der Waals surface area contributed by atoms with Gasteiger partial charge in [-0.15, -0.1) is 0 Å². The van der Waals surface area contributed by atoms with Crippen LogP contribution in [0.2, 0.25) is 5.02 Å². The minimum absolute atomic E-state index is 0.269. The van der Waals surface area contributed by atoms with Crippen LogP contribution < -0.4 is 4.90 Å². The summed E-state index contributed by atoms with van der Waals surface area (Å²) in [6.07, 6.45) is 0. The van der Waals surface area contributed by atoms with Gasteiger partial charge >= 0.3 is 0 Å². The Balaban J connectivity index is 1.66. The minimum Gasteiger partial charge on any atom is -0.379 e. The largest absolute Gasteiger partial charge is 0.379 e. The van der Waals surface area contributed by atoms with Crippen LogP contribution in [0.15, 0.2) is 72.8 Å². The Bertz CT molecular complexity index is 1210. The molecule has 29 heavy (non-hydrogen) atoms. The van der Waals surface area contributed by atoms with Crippen molar-refractivity contribution < 1.29 is 14.7 Å². The number of rotatable bonds is 1. The van der Waals surface area contributed by atoms with Crippen molar-refractivity contribution in [3.05, 3.63) is 100 Å². The lowest BCUT2D eigenvalue weighted by atomic mass is 9.52. The summed E-state index contributed by atoms with van der Waals surface area (Å²) in [6.45, 7) is 0. The summed E-state index contributed by atoms with van der Waals surface area (Å²) in [5, 5.41) is 12.6. The predicted octanol–water partition coefficient (Wildman–Crippen LogP) is 3.84. The van der Waals surface area contributed by atoms with E-state index in [2.05, 4.69) is 0 Å². The summed E-state index contributed by atoms with van der Waals surface area (Å²) < 4.78 is 0. The lowest BCUT2D eigenvalue weighted by Crippen LogP contribution is -2.53. The number of halogens is 1. The number of hydrogen-bond donors (Lipinski definition) is 1. The summed E-state index contributed by atoms with van der Waals surface area (Å²) >= 11 is 6.55. The van der Waals surface area contributed by atoms with Crippen LogP contribution in [0.1, 0.15) is 28.2 Å². The van der Waals surface area contributed by atoms with Crippen molar-refractivity contribution in [2.45, 2.75) is 11.5 Å². The first-order valence-electron chi connectivity index (χ1n) is 9.58. The van der Waals surface area contributed by atoms with E-state index in [0.717, 1.165) is 11.1 Å². The summed E-state index contributed by atoms with van der Waals surface area (Å²) in [4.78, 5) is 28.4. The zero-order valence-corrected chi connectivity index (χ0v) is 16.0. The first kappa shape index (κ1) is 17.0. The van der Waals surface area contributed by atoms with Gasteiger partial charge in [0.05, 0.1) is 17.5 Å².